The van der Waals surface area contributed by atoms with Gasteiger partial charge in [0.05, 0.1) is 0 Å². The maximum absolute atomic E-state index is 12.3. The quantitative estimate of drug-likeness (QED) is 0.412. The van der Waals surface area contributed by atoms with Gasteiger partial charge in [-0.2, -0.15) is 0 Å². The minimum absolute atomic E-state index is 0.0499. The molecule has 1 amide bonds. The lowest BCUT2D eigenvalue weighted by Crippen LogP contribution is -2.27. The van der Waals surface area contributed by atoms with Crippen LogP contribution in [0.15, 0.2) is 70.8 Å². The first-order chi connectivity index (χ1) is 13.0. The average molecular weight is 363 g/mol. The number of esters is 1. The van der Waals surface area contributed by atoms with Crippen molar-refractivity contribution in [2.75, 3.05) is 6.61 Å². The summed E-state index contributed by atoms with van der Waals surface area (Å²) in [5.74, 6) is -1.59. The zero-order valence-corrected chi connectivity index (χ0v) is 14.6. The fraction of sp³-hybridized carbons (Fsp3) is 0.0952. The summed E-state index contributed by atoms with van der Waals surface area (Å²) in [7, 11) is 0. The zero-order chi connectivity index (χ0) is 19.2. The molecule has 0 saturated heterocycles. The number of furan rings is 1. The van der Waals surface area contributed by atoms with Crippen LogP contribution in [0.2, 0.25) is 0 Å². The molecule has 0 saturated carbocycles. The van der Waals surface area contributed by atoms with Crippen molar-refractivity contribution in [3.63, 3.8) is 0 Å². The van der Waals surface area contributed by atoms with Gasteiger partial charge in [0.1, 0.15) is 11.3 Å². The van der Waals surface area contributed by atoms with E-state index in [0.717, 1.165) is 5.39 Å². The fourth-order valence-electron chi connectivity index (χ4n) is 2.45. The predicted octanol–water partition coefficient (Wildman–Crippen LogP) is 3.34. The minimum Gasteiger partial charge on any atom is -0.453 e. The van der Waals surface area contributed by atoms with E-state index in [1.54, 1.807) is 42.5 Å². The molecule has 0 bridgehead atoms. The summed E-state index contributed by atoms with van der Waals surface area (Å²) in [6.07, 6.45) is 1.48. The maximum Gasteiger partial charge on any atom is 0.355 e. The van der Waals surface area contributed by atoms with E-state index in [1.807, 2.05) is 18.2 Å². The number of benzene rings is 2. The first-order valence-corrected chi connectivity index (χ1v) is 8.26. The molecule has 0 spiro atoms. The van der Waals surface area contributed by atoms with Crippen LogP contribution in [0.4, 0.5) is 0 Å². The van der Waals surface area contributed by atoms with Gasteiger partial charge < -0.3 is 14.5 Å². The third kappa shape index (κ3) is 4.70. The van der Waals surface area contributed by atoms with Gasteiger partial charge in [0.25, 0.3) is 0 Å². The Morgan fingerprint density at radius 3 is 2.44 bits per heavy atom. The second-order valence-corrected chi connectivity index (χ2v) is 5.80. The van der Waals surface area contributed by atoms with Crippen molar-refractivity contribution in [1.82, 2.24) is 5.32 Å². The summed E-state index contributed by atoms with van der Waals surface area (Å²) < 4.78 is 10.5. The Hall–Kier alpha value is -3.67. The lowest BCUT2D eigenvalue weighted by atomic mass is 10.2. The number of carbonyl (C=O) groups excluding carboxylic acids is 3. The molecule has 3 rings (SSSR count). The Morgan fingerprint density at radius 1 is 1.04 bits per heavy atom. The molecule has 0 radical (unpaired) electrons. The third-order valence-corrected chi connectivity index (χ3v) is 3.68. The van der Waals surface area contributed by atoms with Crippen LogP contribution in [0.1, 0.15) is 23.0 Å². The molecule has 0 unspecified atom stereocenters. The molecule has 136 valence electrons. The summed E-state index contributed by atoms with van der Waals surface area (Å²) >= 11 is 0. The largest absolute Gasteiger partial charge is 0.453 e. The van der Waals surface area contributed by atoms with E-state index in [2.05, 4.69) is 5.32 Å². The minimum atomic E-state index is -0.807. The molecule has 6 nitrogen and oxygen atoms in total. The normalized spacial score (nSPS) is 11.2. The molecule has 6 heteroatoms. The van der Waals surface area contributed by atoms with Gasteiger partial charge in [-0.1, -0.05) is 48.5 Å². The van der Waals surface area contributed by atoms with Crippen molar-refractivity contribution in [2.24, 2.45) is 0 Å². The molecular weight excluding hydrogens is 346 g/mol. The van der Waals surface area contributed by atoms with Gasteiger partial charge in [-0.25, -0.2) is 4.79 Å². The van der Waals surface area contributed by atoms with E-state index in [0.29, 0.717) is 11.1 Å². The molecule has 2 aromatic carbocycles. The van der Waals surface area contributed by atoms with Crippen molar-refractivity contribution >= 4 is 34.7 Å². The Labute approximate surface area is 155 Å². The smallest absolute Gasteiger partial charge is 0.355 e. The molecule has 27 heavy (non-hydrogen) atoms. The number of carbonyl (C=O) groups is 3. The molecule has 1 aromatic heterocycles. The topological polar surface area (TPSA) is 85.6 Å². The van der Waals surface area contributed by atoms with E-state index in [-0.39, 0.29) is 11.5 Å². The van der Waals surface area contributed by atoms with Crippen LogP contribution in [-0.2, 0) is 14.3 Å². The summed E-state index contributed by atoms with van der Waals surface area (Å²) in [6.45, 7) is 0.788. The van der Waals surface area contributed by atoms with Crippen molar-refractivity contribution < 1.29 is 23.5 Å². The number of amides is 1. The number of para-hydroxylation sites is 1. The maximum atomic E-state index is 12.3. The van der Waals surface area contributed by atoms with Crippen LogP contribution in [0.3, 0.4) is 0 Å². The Kier molecular flexibility index (Phi) is 5.47. The number of nitrogens with one attached hydrogen (secondary N) is 1. The molecule has 1 heterocycles. The van der Waals surface area contributed by atoms with E-state index in [1.165, 1.54) is 13.0 Å². The molecule has 3 aromatic rings. The Balaban J connectivity index is 1.70. The van der Waals surface area contributed by atoms with Gasteiger partial charge in [-0.15, -0.1) is 0 Å². The number of hydrogen-bond acceptors (Lipinski definition) is 5. The number of rotatable bonds is 6. The molecule has 1 N–H and O–H groups in total. The number of hydrogen-bond donors (Lipinski definition) is 1. The van der Waals surface area contributed by atoms with Crippen LogP contribution in [0.5, 0.6) is 0 Å². The highest BCUT2D eigenvalue weighted by Crippen LogP contribution is 2.19. The number of ether oxygens (including phenoxy) is 1. The van der Waals surface area contributed by atoms with E-state index < -0.39 is 24.3 Å². The zero-order valence-electron chi connectivity index (χ0n) is 14.6. The van der Waals surface area contributed by atoms with E-state index in [4.69, 9.17) is 9.15 Å². The number of Topliss-reactive ketones (excluding diaryl/α,β-unsaturated/α-hetero) is 1. The first kappa shape index (κ1) is 18.1. The fourth-order valence-corrected chi connectivity index (χ4v) is 2.45. The average Bonchev–Trinajstić information content (AvgIpc) is 3.10. The predicted molar refractivity (Wildman–Crippen MR) is 99.7 cm³/mol. The summed E-state index contributed by atoms with van der Waals surface area (Å²) in [6, 6.07) is 17.8. The van der Waals surface area contributed by atoms with Crippen molar-refractivity contribution in [1.29, 1.82) is 0 Å². The first-order valence-electron chi connectivity index (χ1n) is 8.26. The second-order valence-electron chi connectivity index (χ2n) is 5.80. The SMILES string of the molecule is CC(=O)N/C(=C/c1ccccc1)C(=O)OCC(=O)c1cc2ccccc2o1. The van der Waals surface area contributed by atoms with Crippen molar-refractivity contribution in [3.8, 4) is 0 Å². The van der Waals surface area contributed by atoms with E-state index in [9.17, 15) is 14.4 Å². The van der Waals surface area contributed by atoms with Crippen LogP contribution < -0.4 is 5.32 Å². The van der Waals surface area contributed by atoms with Crippen LogP contribution in [0, 0.1) is 0 Å². The summed E-state index contributed by atoms with van der Waals surface area (Å²) in [4.78, 5) is 35.9. The highest BCUT2D eigenvalue weighted by molar-refractivity contribution is 6.02. The highest BCUT2D eigenvalue weighted by Gasteiger charge is 2.18. The van der Waals surface area contributed by atoms with Crippen molar-refractivity contribution in [2.45, 2.75) is 6.92 Å². The third-order valence-electron chi connectivity index (χ3n) is 3.68. The van der Waals surface area contributed by atoms with Crippen LogP contribution in [-0.4, -0.2) is 24.3 Å². The standard InChI is InChI=1S/C21H17NO5/c1-14(23)22-17(11-15-7-3-2-4-8-15)21(25)26-13-18(24)20-12-16-9-5-6-10-19(16)27-20/h2-12H,13H2,1H3,(H,22,23)/b17-11+. The van der Waals surface area contributed by atoms with Crippen LogP contribution in [0.25, 0.3) is 17.0 Å². The molecule has 0 fully saturated rings. The molecule has 0 aliphatic heterocycles. The Bertz CT molecular complexity index is 984. The monoisotopic (exact) mass is 363 g/mol. The van der Waals surface area contributed by atoms with Crippen molar-refractivity contribution in [3.05, 3.63) is 77.7 Å². The molecule has 0 aliphatic carbocycles. The van der Waals surface area contributed by atoms with Gasteiger partial charge >= 0.3 is 5.97 Å². The Morgan fingerprint density at radius 2 is 1.74 bits per heavy atom. The summed E-state index contributed by atoms with van der Waals surface area (Å²) in [5, 5.41) is 3.21. The van der Waals surface area contributed by atoms with Gasteiger partial charge in [-0.05, 0) is 23.8 Å². The van der Waals surface area contributed by atoms with Gasteiger partial charge in [-0.3, -0.25) is 9.59 Å². The van der Waals surface area contributed by atoms with Gasteiger partial charge in [0, 0.05) is 12.3 Å². The number of ketones is 1. The highest BCUT2D eigenvalue weighted by atomic mass is 16.5. The summed E-state index contributed by atoms with van der Waals surface area (Å²) in [5.41, 5.74) is 1.24. The van der Waals surface area contributed by atoms with Gasteiger partial charge in [0.15, 0.2) is 12.4 Å². The van der Waals surface area contributed by atoms with Crippen LogP contribution >= 0.6 is 0 Å². The molecule has 0 atom stereocenters. The lowest BCUT2D eigenvalue weighted by Gasteiger charge is -2.08. The van der Waals surface area contributed by atoms with Gasteiger partial charge in [0.2, 0.25) is 11.7 Å². The lowest BCUT2D eigenvalue weighted by molar-refractivity contribution is -0.139. The van der Waals surface area contributed by atoms with E-state index >= 15 is 0 Å². The number of fused-ring (bicyclic) bond motifs is 1. The molecular formula is C21H17NO5. The molecule has 0 aliphatic rings. The second kappa shape index (κ2) is 8.14.